The lowest BCUT2D eigenvalue weighted by Crippen LogP contribution is -1.97. The highest BCUT2D eigenvalue weighted by molar-refractivity contribution is 9.10. The van der Waals surface area contributed by atoms with E-state index in [0.29, 0.717) is 8.95 Å². The normalized spacial score (nSPS) is 10.4. The summed E-state index contributed by atoms with van der Waals surface area (Å²) in [4.78, 5) is 10.8. The van der Waals surface area contributed by atoms with Crippen LogP contribution in [0.25, 0.3) is 0 Å². The standard InChI is InChI=1S/C13H6Br2F2O3/c14-7-4-9(16)12(17)11(5-7)20-10-2-1-6(13(18)19)3-8(10)15/h1-5H,(H,18,19). The van der Waals surface area contributed by atoms with Crippen LogP contribution >= 0.6 is 31.9 Å². The molecule has 7 heteroatoms. The van der Waals surface area contributed by atoms with Gasteiger partial charge in [-0.1, -0.05) is 15.9 Å². The maximum atomic E-state index is 13.6. The molecule has 104 valence electrons. The molecule has 0 spiro atoms. The summed E-state index contributed by atoms with van der Waals surface area (Å²) in [6.45, 7) is 0. The van der Waals surface area contributed by atoms with Crippen molar-refractivity contribution in [1.29, 1.82) is 0 Å². The molecular weight excluding hydrogens is 402 g/mol. The Balaban J connectivity index is 2.38. The molecule has 0 unspecified atom stereocenters. The lowest BCUT2D eigenvalue weighted by molar-refractivity contribution is 0.0697. The van der Waals surface area contributed by atoms with Gasteiger partial charge in [0.15, 0.2) is 11.6 Å². The van der Waals surface area contributed by atoms with Crippen LogP contribution in [0.3, 0.4) is 0 Å². The summed E-state index contributed by atoms with van der Waals surface area (Å²) in [6, 6.07) is 6.21. The van der Waals surface area contributed by atoms with Gasteiger partial charge in [0, 0.05) is 4.47 Å². The first-order valence-electron chi connectivity index (χ1n) is 5.23. The summed E-state index contributed by atoms with van der Waals surface area (Å²) in [5.74, 6) is -3.40. The van der Waals surface area contributed by atoms with Gasteiger partial charge in [-0.3, -0.25) is 0 Å². The van der Waals surface area contributed by atoms with E-state index in [1.165, 1.54) is 24.3 Å². The Labute approximate surface area is 129 Å². The van der Waals surface area contributed by atoms with Crippen LogP contribution in [0, 0.1) is 11.6 Å². The molecule has 0 aliphatic heterocycles. The minimum Gasteiger partial charge on any atom is -0.478 e. The number of halogens is 4. The van der Waals surface area contributed by atoms with Crippen LogP contribution in [0.5, 0.6) is 11.5 Å². The van der Waals surface area contributed by atoms with Crippen LogP contribution in [-0.2, 0) is 0 Å². The fraction of sp³-hybridized carbons (Fsp3) is 0. The van der Waals surface area contributed by atoms with Crippen molar-refractivity contribution in [3.05, 3.63) is 56.5 Å². The highest BCUT2D eigenvalue weighted by Gasteiger charge is 2.14. The van der Waals surface area contributed by atoms with Crippen LogP contribution in [0.15, 0.2) is 39.3 Å². The number of carbonyl (C=O) groups is 1. The molecule has 0 aromatic heterocycles. The molecule has 0 bridgehead atoms. The van der Waals surface area contributed by atoms with Crippen molar-refractivity contribution in [1.82, 2.24) is 0 Å². The predicted octanol–water partition coefficient (Wildman–Crippen LogP) is 4.98. The van der Waals surface area contributed by atoms with E-state index in [2.05, 4.69) is 31.9 Å². The lowest BCUT2D eigenvalue weighted by Gasteiger charge is -2.10. The maximum Gasteiger partial charge on any atom is 0.335 e. The molecule has 20 heavy (non-hydrogen) atoms. The second-order valence-corrected chi connectivity index (χ2v) is 5.52. The Kier molecular flexibility index (Phi) is 4.39. The van der Waals surface area contributed by atoms with Crippen molar-refractivity contribution in [2.24, 2.45) is 0 Å². The van der Waals surface area contributed by atoms with Gasteiger partial charge in [-0.25, -0.2) is 9.18 Å². The van der Waals surface area contributed by atoms with Crippen LogP contribution in [0.4, 0.5) is 8.78 Å². The molecule has 1 N–H and O–H groups in total. The van der Waals surface area contributed by atoms with Gasteiger partial charge in [0.25, 0.3) is 0 Å². The molecule has 0 heterocycles. The van der Waals surface area contributed by atoms with Gasteiger partial charge in [0.1, 0.15) is 5.75 Å². The van der Waals surface area contributed by atoms with E-state index in [1.807, 2.05) is 0 Å². The topological polar surface area (TPSA) is 46.5 Å². The number of benzene rings is 2. The van der Waals surface area contributed by atoms with Gasteiger partial charge < -0.3 is 9.84 Å². The van der Waals surface area contributed by atoms with Crippen LogP contribution in [-0.4, -0.2) is 11.1 Å². The van der Waals surface area contributed by atoms with Crippen molar-refractivity contribution in [3.8, 4) is 11.5 Å². The third kappa shape index (κ3) is 3.16. The molecule has 0 aliphatic rings. The fourth-order valence-electron chi connectivity index (χ4n) is 1.44. The third-order valence-corrected chi connectivity index (χ3v) is 3.44. The zero-order chi connectivity index (χ0) is 14.9. The van der Waals surface area contributed by atoms with Crippen LogP contribution in [0.2, 0.25) is 0 Å². The molecule has 3 nitrogen and oxygen atoms in total. The molecule has 2 aromatic rings. The van der Waals surface area contributed by atoms with Crippen molar-refractivity contribution >= 4 is 37.8 Å². The van der Waals surface area contributed by atoms with Gasteiger partial charge >= 0.3 is 5.97 Å². The SMILES string of the molecule is O=C(O)c1ccc(Oc2cc(Br)cc(F)c2F)c(Br)c1. The minimum absolute atomic E-state index is 0.0464. The molecule has 0 saturated carbocycles. The maximum absolute atomic E-state index is 13.6. The Bertz CT molecular complexity index is 690. The largest absolute Gasteiger partial charge is 0.478 e. The molecule has 0 atom stereocenters. The van der Waals surface area contributed by atoms with Crippen molar-refractivity contribution in [2.75, 3.05) is 0 Å². The van der Waals surface area contributed by atoms with E-state index >= 15 is 0 Å². The zero-order valence-electron chi connectivity index (χ0n) is 9.66. The molecule has 0 amide bonds. The monoisotopic (exact) mass is 406 g/mol. The Morgan fingerprint density at radius 3 is 2.40 bits per heavy atom. The van der Waals surface area contributed by atoms with Crippen molar-refractivity contribution < 1.29 is 23.4 Å². The van der Waals surface area contributed by atoms with Crippen molar-refractivity contribution in [2.45, 2.75) is 0 Å². The summed E-state index contributed by atoms with van der Waals surface area (Å²) in [6.07, 6.45) is 0. The highest BCUT2D eigenvalue weighted by atomic mass is 79.9. The van der Waals surface area contributed by atoms with E-state index in [4.69, 9.17) is 9.84 Å². The number of ether oxygens (including phenoxy) is 1. The predicted molar refractivity (Wildman–Crippen MR) is 75.2 cm³/mol. The molecule has 0 fully saturated rings. The van der Waals surface area contributed by atoms with E-state index < -0.39 is 17.6 Å². The number of aromatic carboxylic acids is 1. The summed E-state index contributed by atoms with van der Waals surface area (Å²) in [5, 5.41) is 8.83. The highest BCUT2D eigenvalue weighted by Crippen LogP contribution is 2.34. The van der Waals surface area contributed by atoms with Gasteiger partial charge in [0.2, 0.25) is 5.82 Å². The number of hydrogen-bond donors (Lipinski definition) is 1. The second-order valence-electron chi connectivity index (χ2n) is 3.75. The Morgan fingerprint density at radius 2 is 1.80 bits per heavy atom. The number of carboxylic acids is 1. The van der Waals surface area contributed by atoms with Gasteiger partial charge in [-0.15, -0.1) is 0 Å². The van der Waals surface area contributed by atoms with E-state index in [1.54, 1.807) is 0 Å². The van der Waals surface area contributed by atoms with Crippen LogP contribution in [0.1, 0.15) is 10.4 Å². The van der Waals surface area contributed by atoms with E-state index in [0.717, 1.165) is 6.07 Å². The average molecular weight is 408 g/mol. The Hall–Kier alpha value is -1.47. The molecule has 2 aromatic carbocycles. The molecule has 0 saturated heterocycles. The molecule has 0 radical (unpaired) electrons. The van der Waals surface area contributed by atoms with E-state index in [-0.39, 0.29) is 17.1 Å². The van der Waals surface area contributed by atoms with Gasteiger partial charge in [-0.05, 0) is 46.3 Å². The molecule has 2 rings (SSSR count). The molecule has 0 aliphatic carbocycles. The van der Waals surface area contributed by atoms with E-state index in [9.17, 15) is 13.6 Å². The second kappa shape index (κ2) is 5.88. The van der Waals surface area contributed by atoms with Gasteiger partial charge in [-0.2, -0.15) is 4.39 Å². The van der Waals surface area contributed by atoms with Crippen LogP contribution < -0.4 is 4.74 Å². The number of carboxylic acid groups (broad SMARTS) is 1. The zero-order valence-corrected chi connectivity index (χ0v) is 12.8. The summed E-state index contributed by atoms with van der Waals surface area (Å²) in [5.41, 5.74) is 0.0464. The number of rotatable bonds is 3. The smallest absolute Gasteiger partial charge is 0.335 e. The first-order valence-corrected chi connectivity index (χ1v) is 6.82. The first kappa shape index (κ1) is 14.9. The van der Waals surface area contributed by atoms with Crippen molar-refractivity contribution in [3.63, 3.8) is 0 Å². The minimum atomic E-state index is -1.12. The lowest BCUT2D eigenvalue weighted by atomic mass is 10.2. The van der Waals surface area contributed by atoms with Gasteiger partial charge in [0.05, 0.1) is 10.0 Å². The Morgan fingerprint density at radius 1 is 1.10 bits per heavy atom. The summed E-state index contributed by atoms with van der Waals surface area (Å²) in [7, 11) is 0. The third-order valence-electron chi connectivity index (χ3n) is 2.36. The first-order chi connectivity index (χ1) is 9.38. The summed E-state index contributed by atoms with van der Waals surface area (Å²) >= 11 is 6.15. The molecular formula is C13H6Br2F2O3. The summed E-state index contributed by atoms with van der Waals surface area (Å²) < 4.78 is 32.7. The quantitative estimate of drug-likeness (QED) is 0.730. The average Bonchev–Trinajstić information content (AvgIpc) is 2.37. The number of hydrogen-bond acceptors (Lipinski definition) is 2. The fourth-order valence-corrected chi connectivity index (χ4v) is 2.31.